The molecule has 1 atom stereocenters. The molecule has 1 aliphatic heterocycles. The molecule has 146 valence electrons. The Hall–Kier alpha value is -2.74. The molecular formula is C20H23N5O2S. The van der Waals surface area contributed by atoms with Gasteiger partial charge in [0.15, 0.2) is 0 Å². The Labute approximate surface area is 167 Å². The number of nitrogens with zero attached hydrogens (tertiary/aromatic N) is 3. The molecule has 3 heterocycles. The van der Waals surface area contributed by atoms with E-state index in [1.54, 1.807) is 4.68 Å². The van der Waals surface area contributed by atoms with Gasteiger partial charge in [0, 0.05) is 17.3 Å². The van der Waals surface area contributed by atoms with E-state index in [4.69, 9.17) is 5.10 Å². The summed E-state index contributed by atoms with van der Waals surface area (Å²) in [5.41, 5.74) is 4.20. The molecule has 0 saturated carbocycles. The molecular weight excluding hydrogens is 374 g/mol. The average Bonchev–Trinajstić information content (AvgIpc) is 3.07. The molecule has 0 spiro atoms. The molecule has 2 N–H and O–H groups in total. The lowest BCUT2D eigenvalue weighted by atomic mass is 10.0. The van der Waals surface area contributed by atoms with Gasteiger partial charge in [0.25, 0.3) is 5.56 Å². The van der Waals surface area contributed by atoms with Crippen LogP contribution >= 0.6 is 11.8 Å². The fraction of sp³-hybridized carbons (Fsp3) is 0.350. The fourth-order valence-electron chi connectivity index (χ4n) is 3.71. The number of fused-ring (bicyclic) bond motifs is 1. The zero-order chi connectivity index (χ0) is 20.0. The Morgan fingerprint density at radius 2 is 1.86 bits per heavy atom. The number of carbonyl (C=O) groups excluding carboxylic acids is 1. The van der Waals surface area contributed by atoms with Crippen molar-refractivity contribution in [2.45, 2.75) is 39.0 Å². The maximum absolute atomic E-state index is 12.9. The third-order valence-electron chi connectivity index (χ3n) is 4.99. The minimum absolute atomic E-state index is 0.0229. The van der Waals surface area contributed by atoms with Crippen LogP contribution in [0.1, 0.15) is 47.7 Å². The van der Waals surface area contributed by atoms with Crippen LogP contribution < -0.4 is 10.9 Å². The Balaban J connectivity index is 1.91. The molecule has 0 aliphatic carbocycles. The monoisotopic (exact) mass is 397 g/mol. The molecule has 0 bridgehead atoms. The summed E-state index contributed by atoms with van der Waals surface area (Å²) in [6, 6.07) is 9.94. The van der Waals surface area contributed by atoms with Gasteiger partial charge < -0.3 is 5.32 Å². The summed E-state index contributed by atoms with van der Waals surface area (Å²) in [5, 5.41) is 10.3. The van der Waals surface area contributed by atoms with Crippen molar-refractivity contribution >= 4 is 23.5 Å². The standard InChI is InChI=1S/C20H23N5O2S/c1-11(2)24-19-17(20(27)23-24)18(28-10-15(26)21-19)16-12(3)22-25(13(16)4)14-8-6-5-7-9-14/h5-9,11,18H,10H2,1-4H3,(H,21,26)(H,23,27)/t18-/m0/s1. The summed E-state index contributed by atoms with van der Waals surface area (Å²) in [7, 11) is 0. The minimum atomic E-state index is -0.268. The molecule has 2 aromatic heterocycles. The number of H-pyrrole nitrogens is 1. The first-order chi connectivity index (χ1) is 13.4. The molecule has 0 saturated heterocycles. The van der Waals surface area contributed by atoms with E-state index in [0.29, 0.717) is 11.4 Å². The molecule has 0 unspecified atom stereocenters. The number of aryl methyl sites for hydroxylation is 1. The van der Waals surface area contributed by atoms with Crippen LogP contribution in [0.5, 0.6) is 0 Å². The summed E-state index contributed by atoms with van der Waals surface area (Å²) >= 11 is 1.47. The molecule has 4 rings (SSSR count). The zero-order valence-corrected chi connectivity index (χ0v) is 17.1. The van der Waals surface area contributed by atoms with Crippen LogP contribution in [0.4, 0.5) is 5.82 Å². The minimum Gasteiger partial charge on any atom is -0.310 e. The van der Waals surface area contributed by atoms with Crippen molar-refractivity contribution in [2.24, 2.45) is 0 Å². The molecule has 1 aromatic carbocycles. The van der Waals surface area contributed by atoms with Gasteiger partial charge in [-0.05, 0) is 39.8 Å². The SMILES string of the molecule is Cc1nn(-c2ccccc2)c(C)c1[C@@H]1SCC(=O)Nc2c1c(=O)[nH]n2C(C)C. The maximum Gasteiger partial charge on any atom is 0.270 e. The van der Waals surface area contributed by atoms with Gasteiger partial charge in [0.1, 0.15) is 5.82 Å². The second-order valence-electron chi connectivity index (χ2n) is 7.24. The van der Waals surface area contributed by atoms with Crippen LogP contribution in [0.3, 0.4) is 0 Å². The average molecular weight is 398 g/mol. The normalized spacial score (nSPS) is 16.8. The topological polar surface area (TPSA) is 84.7 Å². The summed E-state index contributed by atoms with van der Waals surface area (Å²) in [5.74, 6) is 0.742. The highest BCUT2D eigenvalue weighted by molar-refractivity contribution is 8.00. The Morgan fingerprint density at radius 3 is 2.54 bits per heavy atom. The van der Waals surface area contributed by atoms with Crippen LogP contribution in [0.15, 0.2) is 35.1 Å². The predicted molar refractivity (Wildman–Crippen MR) is 111 cm³/mol. The number of anilines is 1. The largest absolute Gasteiger partial charge is 0.310 e. The van der Waals surface area contributed by atoms with E-state index >= 15 is 0 Å². The van der Waals surface area contributed by atoms with E-state index in [9.17, 15) is 9.59 Å². The number of rotatable bonds is 3. The Bertz CT molecular complexity index is 1090. The predicted octanol–water partition coefficient (Wildman–Crippen LogP) is 3.33. The number of amides is 1. The van der Waals surface area contributed by atoms with E-state index in [0.717, 1.165) is 22.6 Å². The lowest BCUT2D eigenvalue weighted by molar-refractivity contribution is -0.113. The van der Waals surface area contributed by atoms with Crippen molar-refractivity contribution in [3.8, 4) is 5.69 Å². The van der Waals surface area contributed by atoms with Crippen LogP contribution in [0.2, 0.25) is 0 Å². The highest BCUT2D eigenvalue weighted by Gasteiger charge is 2.34. The van der Waals surface area contributed by atoms with Crippen LogP contribution in [0.25, 0.3) is 5.69 Å². The first-order valence-electron chi connectivity index (χ1n) is 9.26. The molecule has 0 radical (unpaired) electrons. The second-order valence-corrected chi connectivity index (χ2v) is 8.33. The molecule has 1 aliphatic rings. The summed E-state index contributed by atoms with van der Waals surface area (Å²) in [4.78, 5) is 25.2. The number of hydrogen-bond acceptors (Lipinski definition) is 4. The van der Waals surface area contributed by atoms with Gasteiger partial charge >= 0.3 is 0 Å². The first kappa shape index (κ1) is 18.6. The van der Waals surface area contributed by atoms with Crippen LogP contribution in [-0.2, 0) is 4.79 Å². The van der Waals surface area contributed by atoms with Gasteiger partial charge in [-0.25, -0.2) is 4.68 Å². The van der Waals surface area contributed by atoms with Crippen molar-refractivity contribution in [2.75, 3.05) is 11.1 Å². The van der Waals surface area contributed by atoms with Crippen molar-refractivity contribution in [1.29, 1.82) is 0 Å². The van der Waals surface area contributed by atoms with Crippen LogP contribution in [-0.4, -0.2) is 31.2 Å². The van der Waals surface area contributed by atoms with Gasteiger partial charge in [-0.1, -0.05) is 18.2 Å². The van der Waals surface area contributed by atoms with Crippen LogP contribution in [0, 0.1) is 13.8 Å². The highest BCUT2D eigenvalue weighted by atomic mass is 32.2. The smallest absolute Gasteiger partial charge is 0.270 e. The van der Waals surface area contributed by atoms with Gasteiger partial charge in [-0.2, -0.15) is 5.10 Å². The number of thioether (sulfide) groups is 1. The Kier molecular flexibility index (Phi) is 4.66. The molecule has 3 aromatic rings. The van der Waals surface area contributed by atoms with E-state index in [-0.39, 0.29) is 28.5 Å². The second kappa shape index (κ2) is 7.01. The molecule has 8 heteroatoms. The van der Waals surface area contributed by atoms with E-state index < -0.39 is 0 Å². The van der Waals surface area contributed by atoms with Gasteiger partial charge in [-0.3, -0.25) is 19.4 Å². The quantitative estimate of drug-likeness (QED) is 0.710. The Morgan fingerprint density at radius 1 is 1.14 bits per heavy atom. The van der Waals surface area contributed by atoms with E-state index in [1.807, 2.05) is 62.7 Å². The van der Waals surface area contributed by atoms with Crippen molar-refractivity contribution in [3.05, 3.63) is 63.2 Å². The number of nitrogens with one attached hydrogen (secondary N) is 2. The highest BCUT2D eigenvalue weighted by Crippen LogP contribution is 2.43. The van der Waals surface area contributed by atoms with E-state index in [2.05, 4.69) is 10.4 Å². The zero-order valence-electron chi connectivity index (χ0n) is 16.3. The van der Waals surface area contributed by atoms with Crippen molar-refractivity contribution in [1.82, 2.24) is 19.6 Å². The molecule has 1 amide bonds. The first-order valence-corrected chi connectivity index (χ1v) is 10.3. The lowest BCUT2D eigenvalue weighted by Gasteiger charge is -2.15. The number of para-hydroxylation sites is 1. The molecule has 7 nitrogen and oxygen atoms in total. The number of hydrogen-bond donors (Lipinski definition) is 2. The number of aromatic amines is 1. The summed E-state index contributed by atoms with van der Waals surface area (Å²) in [6.07, 6.45) is 0. The number of carbonyl (C=O) groups is 1. The van der Waals surface area contributed by atoms with Crippen molar-refractivity contribution in [3.63, 3.8) is 0 Å². The van der Waals surface area contributed by atoms with Gasteiger partial charge in [-0.15, -0.1) is 11.8 Å². The number of benzene rings is 1. The summed E-state index contributed by atoms with van der Waals surface area (Å²) < 4.78 is 3.64. The van der Waals surface area contributed by atoms with Crippen molar-refractivity contribution < 1.29 is 4.79 Å². The third kappa shape index (κ3) is 2.97. The third-order valence-corrected chi connectivity index (χ3v) is 6.22. The number of aromatic nitrogens is 4. The fourth-order valence-corrected chi connectivity index (χ4v) is 5.00. The van der Waals surface area contributed by atoms with Gasteiger partial charge in [0.05, 0.1) is 27.9 Å². The summed E-state index contributed by atoms with van der Waals surface area (Å²) in [6.45, 7) is 7.91. The molecule has 0 fully saturated rings. The van der Waals surface area contributed by atoms with Gasteiger partial charge in [0.2, 0.25) is 5.91 Å². The lowest BCUT2D eigenvalue weighted by Crippen LogP contribution is -2.17. The molecule has 28 heavy (non-hydrogen) atoms. The maximum atomic E-state index is 12.9. The van der Waals surface area contributed by atoms with E-state index in [1.165, 1.54) is 11.8 Å².